The topological polar surface area (TPSA) is 87.3 Å². The Balaban J connectivity index is 1.70. The van der Waals surface area contributed by atoms with E-state index in [1.807, 2.05) is 6.07 Å². The van der Waals surface area contributed by atoms with Crippen LogP contribution in [-0.4, -0.2) is 17.6 Å². The molecule has 3 N–H and O–H groups in total. The summed E-state index contributed by atoms with van der Waals surface area (Å²) in [6.45, 7) is 1.57. The van der Waals surface area contributed by atoms with Gasteiger partial charge < -0.3 is 10.7 Å². The van der Waals surface area contributed by atoms with Crippen molar-refractivity contribution in [2.75, 3.05) is 5.32 Å². The molecule has 6 nitrogen and oxygen atoms in total. The van der Waals surface area contributed by atoms with E-state index in [0.29, 0.717) is 22.5 Å². The van der Waals surface area contributed by atoms with Crippen LogP contribution in [0.3, 0.4) is 0 Å². The van der Waals surface area contributed by atoms with Gasteiger partial charge in [0.15, 0.2) is 11.6 Å². The third-order valence-electron chi connectivity index (χ3n) is 3.64. The number of fused-ring (bicyclic) bond motifs is 1. The Bertz CT molecular complexity index is 820. The smallest absolute Gasteiger partial charge is 0.307 e. The van der Waals surface area contributed by atoms with Crippen LogP contribution in [-0.2, 0) is 0 Å². The molecule has 1 aliphatic carbocycles. The first-order chi connectivity index (χ1) is 11.6. The number of nitrogens with one attached hydrogen (secondary N) is 3. The van der Waals surface area contributed by atoms with Gasteiger partial charge in [0.2, 0.25) is 0 Å². The molecule has 3 rings (SSSR count). The van der Waals surface area contributed by atoms with E-state index in [-0.39, 0.29) is 17.1 Å². The number of benzene rings is 2. The van der Waals surface area contributed by atoms with Crippen molar-refractivity contribution in [3.05, 3.63) is 77.0 Å². The van der Waals surface area contributed by atoms with Gasteiger partial charge in [0.05, 0.1) is 5.57 Å². The normalized spacial score (nSPS) is 12.6. The monoisotopic (exact) mass is 321 g/mol. The van der Waals surface area contributed by atoms with Gasteiger partial charge in [-0.2, -0.15) is 0 Å². The maximum absolute atomic E-state index is 12.3. The average molecular weight is 321 g/mol. The molecule has 0 bridgehead atoms. The van der Waals surface area contributed by atoms with E-state index in [9.17, 15) is 14.4 Å². The quantitative estimate of drug-likeness (QED) is 0.461. The van der Waals surface area contributed by atoms with Gasteiger partial charge in [-0.25, -0.2) is 4.79 Å². The second-order valence-corrected chi connectivity index (χ2v) is 5.27. The molecule has 0 fully saturated rings. The number of Topliss-reactive ketones (excluding diaryl/α,β-unsaturated/α-hetero) is 2. The summed E-state index contributed by atoms with van der Waals surface area (Å²) in [6.07, 6.45) is 0. The summed E-state index contributed by atoms with van der Waals surface area (Å²) >= 11 is 0. The molecule has 2 amide bonds. The van der Waals surface area contributed by atoms with Crippen LogP contribution >= 0.6 is 0 Å². The van der Waals surface area contributed by atoms with Gasteiger partial charge in [-0.15, -0.1) is 0 Å². The first-order valence-corrected chi connectivity index (χ1v) is 7.35. The molecule has 6 heteroatoms. The number of allylic oxidation sites excluding steroid dienone is 2. The number of hydrazine groups is 1. The summed E-state index contributed by atoms with van der Waals surface area (Å²) in [6, 6.07) is 15.1. The highest BCUT2D eigenvalue weighted by atomic mass is 16.2. The first kappa shape index (κ1) is 15.5. The van der Waals surface area contributed by atoms with Crippen molar-refractivity contribution in [2.45, 2.75) is 6.92 Å². The van der Waals surface area contributed by atoms with Crippen LogP contribution in [0.2, 0.25) is 0 Å². The Morgan fingerprint density at radius 1 is 0.792 bits per heavy atom. The molecule has 1 aliphatic rings. The molecular weight excluding hydrogens is 306 g/mol. The largest absolute Gasteiger partial charge is 0.337 e. The predicted octanol–water partition coefficient (Wildman–Crippen LogP) is 2.67. The summed E-state index contributed by atoms with van der Waals surface area (Å²) in [5, 5.41) is 2.62. The number of ketones is 2. The molecule has 2 aromatic carbocycles. The zero-order valence-electron chi connectivity index (χ0n) is 12.9. The molecule has 0 atom stereocenters. The highest BCUT2D eigenvalue weighted by Gasteiger charge is 2.34. The van der Waals surface area contributed by atoms with Gasteiger partial charge in [-0.3, -0.25) is 15.0 Å². The van der Waals surface area contributed by atoms with Crippen molar-refractivity contribution >= 4 is 23.3 Å². The van der Waals surface area contributed by atoms with E-state index in [2.05, 4.69) is 16.2 Å². The first-order valence-electron chi connectivity index (χ1n) is 7.35. The van der Waals surface area contributed by atoms with Crippen molar-refractivity contribution < 1.29 is 14.4 Å². The lowest BCUT2D eigenvalue weighted by Crippen LogP contribution is -2.40. The minimum Gasteiger partial charge on any atom is -0.307 e. The summed E-state index contributed by atoms with van der Waals surface area (Å²) in [5.41, 5.74) is 6.75. The lowest BCUT2D eigenvalue weighted by Gasteiger charge is -2.11. The van der Waals surface area contributed by atoms with Crippen LogP contribution < -0.4 is 16.2 Å². The van der Waals surface area contributed by atoms with Gasteiger partial charge in [0.1, 0.15) is 0 Å². The second kappa shape index (κ2) is 6.37. The molecule has 0 radical (unpaired) electrons. The number of hydrogen-bond donors (Lipinski definition) is 3. The fraction of sp³-hybridized carbons (Fsp3) is 0.0556. The molecule has 0 spiro atoms. The predicted molar refractivity (Wildman–Crippen MR) is 89.5 cm³/mol. The molecule has 0 aliphatic heterocycles. The maximum Gasteiger partial charge on any atom is 0.337 e. The molecule has 0 aromatic heterocycles. The lowest BCUT2D eigenvalue weighted by atomic mass is 10.1. The average Bonchev–Trinajstić information content (AvgIpc) is 2.85. The number of carbonyl (C=O) groups excluding carboxylic acids is 3. The van der Waals surface area contributed by atoms with E-state index < -0.39 is 6.03 Å². The zero-order valence-corrected chi connectivity index (χ0v) is 12.9. The summed E-state index contributed by atoms with van der Waals surface area (Å²) in [7, 11) is 0. The van der Waals surface area contributed by atoms with E-state index in [1.54, 1.807) is 55.5 Å². The van der Waals surface area contributed by atoms with Crippen LogP contribution in [0.15, 0.2) is 65.9 Å². The SMILES string of the molecule is CC(NNC(=O)Nc1ccccc1)=C1C(=O)c2ccccc2C1=O. The molecule has 0 heterocycles. The Morgan fingerprint density at radius 3 is 1.92 bits per heavy atom. The lowest BCUT2D eigenvalue weighted by molar-refractivity contribution is 0.0985. The molecule has 2 aromatic rings. The fourth-order valence-electron chi connectivity index (χ4n) is 2.49. The van der Waals surface area contributed by atoms with Crippen LogP contribution in [0.4, 0.5) is 10.5 Å². The van der Waals surface area contributed by atoms with Gasteiger partial charge in [-0.1, -0.05) is 42.5 Å². The summed E-state index contributed by atoms with van der Waals surface area (Å²) in [5.74, 6) is -0.684. The van der Waals surface area contributed by atoms with Crippen LogP contribution in [0.5, 0.6) is 0 Å². The van der Waals surface area contributed by atoms with Crippen molar-refractivity contribution in [1.29, 1.82) is 0 Å². The number of carbonyl (C=O) groups is 3. The zero-order chi connectivity index (χ0) is 17.1. The second-order valence-electron chi connectivity index (χ2n) is 5.27. The molecule has 0 saturated carbocycles. The number of para-hydroxylation sites is 1. The number of urea groups is 1. The van der Waals surface area contributed by atoms with Crippen molar-refractivity contribution in [2.24, 2.45) is 0 Å². The molecule has 120 valence electrons. The minimum atomic E-state index is -0.503. The molecule has 24 heavy (non-hydrogen) atoms. The third-order valence-corrected chi connectivity index (χ3v) is 3.64. The van der Waals surface area contributed by atoms with Gasteiger partial charge in [0, 0.05) is 22.5 Å². The Kier molecular flexibility index (Phi) is 4.11. The maximum atomic E-state index is 12.3. The van der Waals surface area contributed by atoms with E-state index in [4.69, 9.17) is 0 Å². The Hall–Kier alpha value is -3.41. The number of rotatable bonds is 3. The highest BCUT2D eigenvalue weighted by Crippen LogP contribution is 2.27. The van der Waals surface area contributed by atoms with E-state index >= 15 is 0 Å². The van der Waals surface area contributed by atoms with Crippen LogP contribution in [0, 0.1) is 0 Å². The van der Waals surface area contributed by atoms with Crippen LogP contribution in [0.1, 0.15) is 27.6 Å². The minimum absolute atomic E-state index is 0.0382. The number of anilines is 1. The van der Waals surface area contributed by atoms with Gasteiger partial charge in [-0.05, 0) is 19.1 Å². The van der Waals surface area contributed by atoms with Gasteiger partial charge in [0.25, 0.3) is 0 Å². The Labute approximate surface area is 138 Å². The fourth-order valence-corrected chi connectivity index (χ4v) is 2.49. The molecule has 0 saturated heterocycles. The number of amides is 2. The van der Waals surface area contributed by atoms with Gasteiger partial charge >= 0.3 is 6.03 Å². The van der Waals surface area contributed by atoms with Crippen molar-refractivity contribution in [3.63, 3.8) is 0 Å². The number of hydrogen-bond acceptors (Lipinski definition) is 4. The van der Waals surface area contributed by atoms with E-state index in [1.165, 1.54) is 0 Å². The standard InChI is InChI=1S/C18H15N3O3/c1-11(20-21-18(24)19-12-7-3-2-4-8-12)15-16(22)13-9-5-6-10-14(13)17(15)23/h2-10,20H,1H3,(H2,19,21,24). The van der Waals surface area contributed by atoms with Crippen LogP contribution in [0.25, 0.3) is 0 Å². The van der Waals surface area contributed by atoms with Crippen molar-refractivity contribution in [3.8, 4) is 0 Å². The molecule has 0 unspecified atom stereocenters. The van der Waals surface area contributed by atoms with E-state index in [0.717, 1.165) is 0 Å². The summed E-state index contributed by atoms with van der Waals surface area (Å²) in [4.78, 5) is 36.5. The third kappa shape index (κ3) is 2.89. The summed E-state index contributed by atoms with van der Waals surface area (Å²) < 4.78 is 0. The highest BCUT2D eigenvalue weighted by molar-refractivity contribution is 6.39. The molecular formula is C18H15N3O3. The van der Waals surface area contributed by atoms with Crippen molar-refractivity contribution in [1.82, 2.24) is 10.9 Å². The Morgan fingerprint density at radius 2 is 1.33 bits per heavy atom.